The van der Waals surface area contributed by atoms with E-state index in [2.05, 4.69) is 4.98 Å². The molecule has 0 amide bonds. The normalized spacial score (nSPS) is 16.2. The molecule has 0 bridgehead atoms. The zero-order chi connectivity index (χ0) is 8.55. The first-order valence-electron chi connectivity index (χ1n) is 4.04. The highest BCUT2D eigenvalue weighted by Gasteiger charge is 2.23. The van der Waals surface area contributed by atoms with Crippen molar-refractivity contribution < 1.29 is 9.13 Å². The fraction of sp³-hybridized carbons (Fsp3) is 0.444. The van der Waals surface area contributed by atoms with E-state index in [-0.39, 0.29) is 5.82 Å². The van der Waals surface area contributed by atoms with Crippen LogP contribution >= 0.6 is 0 Å². The standard InChI is InChI=1S/C9H10FNO/c1-6-9(10)4-8(5-11-6)12-7-2-3-7/h4-5,7H,2-3H2,1H3. The molecule has 1 aliphatic rings. The summed E-state index contributed by atoms with van der Waals surface area (Å²) in [4.78, 5) is 3.86. The van der Waals surface area contributed by atoms with Gasteiger partial charge in [0.15, 0.2) is 0 Å². The third-order valence-electron chi connectivity index (χ3n) is 1.83. The summed E-state index contributed by atoms with van der Waals surface area (Å²) >= 11 is 0. The van der Waals surface area contributed by atoms with E-state index in [9.17, 15) is 4.39 Å². The summed E-state index contributed by atoms with van der Waals surface area (Å²) in [7, 11) is 0. The molecule has 2 rings (SSSR count). The molecule has 64 valence electrons. The van der Waals surface area contributed by atoms with Gasteiger partial charge in [-0.2, -0.15) is 0 Å². The lowest BCUT2D eigenvalue weighted by Crippen LogP contribution is -1.98. The molecule has 2 nitrogen and oxygen atoms in total. The number of ether oxygens (including phenoxy) is 1. The van der Waals surface area contributed by atoms with E-state index >= 15 is 0 Å². The average Bonchev–Trinajstić information content (AvgIpc) is 2.81. The molecule has 1 aliphatic carbocycles. The Balaban J connectivity index is 2.15. The van der Waals surface area contributed by atoms with Crippen LogP contribution in [0.2, 0.25) is 0 Å². The second-order valence-corrected chi connectivity index (χ2v) is 3.06. The Morgan fingerprint density at radius 1 is 1.58 bits per heavy atom. The van der Waals surface area contributed by atoms with Crippen LogP contribution in [0.25, 0.3) is 0 Å². The molecular formula is C9H10FNO. The number of halogens is 1. The second kappa shape index (κ2) is 2.73. The van der Waals surface area contributed by atoms with Crippen molar-refractivity contribution in [3.63, 3.8) is 0 Å². The maximum absolute atomic E-state index is 12.9. The Morgan fingerprint density at radius 2 is 2.33 bits per heavy atom. The molecule has 0 saturated heterocycles. The van der Waals surface area contributed by atoms with Gasteiger partial charge in [-0.25, -0.2) is 4.39 Å². The van der Waals surface area contributed by atoms with Gasteiger partial charge < -0.3 is 4.74 Å². The molecule has 0 aromatic carbocycles. The maximum Gasteiger partial charge on any atom is 0.148 e. The first-order valence-corrected chi connectivity index (χ1v) is 4.04. The van der Waals surface area contributed by atoms with E-state index in [1.54, 1.807) is 13.1 Å². The number of hydrogen-bond acceptors (Lipinski definition) is 2. The van der Waals surface area contributed by atoms with Crippen molar-refractivity contribution in [2.45, 2.75) is 25.9 Å². The smallest absolute Gasteiger partial charge is 0.148 e. The zero-order valence-electron chi connectivity index (χ0n) is 6.88. The van der Waals surface area contributed by atoms with Crippen LogP contribution in [0.4, 0.5) is 4.39 Å². The molecule has 1 aromatic rings. The molecule has 1 fully saturated rings. The minimum Gasteiger partial charge on any atom is -0.489 e. The molecule has 0 atom stereocenters. The van der Waals surface area contributed by atoms with Gasteiger partial charge in [0.05, 0.1) is 18.0 Å². The summed E-state index contributed by atoms with van der Waals surface area (Å²) in [6, 6.07) is 1.39. The van der Waals surface area contributed by atoms with Crippen molar-refractivity contribution in [1.29, 1.82) is 0 Å². The minimum absolute atomic E-state index is 0.298. The van der Waals surface area contributed by atoms with Crippen molar-refractivity contribution in [2.24, 2.45) is 0 Å². The Hall–Kier alpha value is -1.12. The molecule has 0 N–H and O–H groups in total. The quantitative estimate of drug-likeness (QED) is 0.672. The number of nitrogens with zero attached hydrogens (tertiary/aromatic N) is 1. The van der Waals surface area contributed by atoms with E-state index in [4.69, 9.17) is 4.74 Å². The van der Waals surface area contributed by atoms with E-state index in [0.29, 0.717) is 17.5 Å². The van der Waals surface area contributed by atoms with Crippen molar-refractivity contribution in [1.82, 2.24) is 4.98 Å². The molecule has 1 saturated carbocycles. The van der Waals surface area contributed by atoms with Gasteiger partial charge in [0, 0.05) is 6.07 Å². The average molecular weight is 167 g/mol. The number of rotatable bonds is 2. The summed E-state index contributed by atoms with van der Waals surface area (Å²) in [5.41, 5.74) is 0.415. The highest BCUT2D eigenvalue weighted by atomic mass is 19.1. The molecule has 0 radical (unpaired) electrons. The predicted molar refractivity (Wildman–Crippen MR) is 42.6 cm³/mol. The van der Waals surface area contributed by atoms with Gasteiger partial charge in [0.2, 0.25) is 0 Å². The maximum atomic E-state index is 12.9. The second-order valence-electron chi connectivity index (χ2n) is 3.06. The van der Waals surface area contributed by atoms with Gasteiger partial charge in [-0.3, -0.25) is 4.98 Å². The van der Waals surface area contributed by atoms with Crippen LogP contribution in [0, 0.1) is 12.7 Å². The van der Waals surface area contributed by atoms with Gasteiger partial charge in [0.25, 0.3) is 0 Å². The third kappa shape index (κ3) is 1.55. The highest BCUT2D eigenvalue weighted by Crippen LogP contribution is 2.26. The van der Waals surface area contributed by atoms with Crippen LogP contribution in [-0.2, 0) is 0 Å². The molecule has 3 heteroatoms. The molecule has 0 unspecified atom stereocenters. The lowest BCUT2D eigenvalue weighted by atomic mass is 10.3. The van der Waals surface area contributed by atoms with Gasteiger partial charge >= 0.3 is 0 Å². The largest absolute Gasteiger partial charge is 0.489 e. The molecular weight excluding hydrogens is 157 g/mol. The number of aryl methyl sites for hydroxylation is 1. The van der Waals surface area contributed by atoms with E-state index in [1.165, 1.54) is 6.07 Å². The summed E-state index contributed by atoms with van der Waals surface area (Å²) in [6.45, 7) is 1.64. The van der Waals surface area contributed by atoms with E-state index in [0.717, 1.165) is 12.8 Å². The fourth-order valence-electron chi connectivity index (χ4n) is 0.932. The van der Waals surface area contributed by atoms with Gasteiger partial charge in [-0.15, -0.1) is 0 Å². The van der Waals surface area contributed by atoms with Gasteiger partial charge in [0.1, 0.15) is 11.6 Å². The van der Waals surface area contributed by atoms with Crippen LogP contribution in [0.3, 0.4) is 0 Å². The van der Waals surface area contributed by atoms with Gasteiger partial charge in [-0.05, 0) is 19.8 Å². The lowest BCUT2D eigenvalue weighted by molar-refractivity contribution is 0.300. The number of hydrogen-bond donors (Lipinski definition) is 0. The van der Waals surface area contributed by atoms with Crippen LogP contribution < -0.4 is 4.74 Å². The Kier molecular flexibility index (Phi) is 1.71. The Bertz CT molecular complexity index is 297. The number of pyridine rings is 1. The molecule has 0 spiro atoms. The molecule has 0 aliphatic heterocycles. The van der Waals surface area contributed by atoms with Crippen molar-refractivity contribution in [3.05, 3.63) is 23.8 Å². The highest BCUT2D eigenvalue weighted by molar-refractivity contribution is 5.21. The van der Waals surface area contributed by atoms with Crippen LogP contribution in [-0.4, -0.2) is 11.1 Å². The van der Waals surface area contributed by atoms with Crippen molar-refractivity contribution in [2.75, 3.05) is 0 Å². The molecule has 1 heterocycles. The van der Waals surface area contributed by atoms with Crippen molar-refractivity contribution in [3.8, 4) is 5.75 Å². The topological polar surface area (TPSA) is 22.1 Å². The first-order chi connectivity index (χ1) is 5.75. The summed E-state index contributed by atoms with van der Waals surface area (Å²) in [5, 5.41) is 0. The van der Waals surface area contributed by atoms with Gasteiger partial charge in [-0.1, -0.05) is 0 Å². The first kappa shape index (κ1) is 7.53. The number of aromatic nitrogens is 1. The molecule has 1 aromatic heterocycles. The van der Waals surface area contributed by atoms with E-state index in [1.807, 2.05) is 0 Å². The summed E-state index contributed by atoms with van der Waals surface area (Å²) in [5.74, 6) is 0.244. The van der Waals surface area contributed by atoms with Crippen LogP contribution in [0.5, 0.6) is 5.75 Å². The van der Waals surface area contributed by atoms with Crippen LogP contribution in [0.15, 0.2) is 12.3 Å². The zero-order valence-corrected chi connectivity index (χ0v) is 6.88. The fourth-order valence-corrected chi connectivity index (χ4v) is 0.932. The van der Waals surface area contributed by atoms with Crippen LogP contribution in [0.1, 0.15) is 18.5 Å². The minimum atomic E-state index is -0.298. The van der Waals surface area contributed by atoms with E-state index < -0.39 is 0 Å². The Morgan fingerprint density at radius 3 is 2.92 bits per heavy atom. The predicted octanol–water partition coefficient (Wildman–Crippen LogP) is 2.07. The monoisotopic (exact) mass is 167 g/mol. The summed E-state index contributed by atoms with van der Waals surface area (Å²) in [6.07, 6.45) is 4.02. The lowest BCUT2D eigenvalue weighted by Gasteiger charge is -2.03. The van der Waals surface area contributed by atoms with Crippen molar-refractivity contribution >= 4 is 0 Å². The third-order valence-corrected chi connectivity index (χ3v) is 1.83. The summed E-state index contributed by atoms with van der Waals surface area (Å²) < 4.78 is 18.3. The molecule has 12 heavy (non-hydrogen) atoms. The Labute approximate surface area is 70.4 Å². The SMILES string of the molecule is Cc1ncc(OC2CC2)cc1F.